The predicted molar refractivity (Wildman–Crippen MR) is 111 cm³/mol. The standard InChI is InChI=1S/C22H32N2O5/c1-15(2)14-29-18-8-6-17(7-9-18)19-20(23(5)10-12-25)22(27)24(21(19)26)11-13-28-16(3)4/h6-9,15-16,25H,10-14H2,1-5H3. The largest absolute Gasteiger partial charge is 0.493 e. The zero-order valence-electron chi connectivity index (χ0n) is 18.0. The number of carbonyl (C=O) groups is 2. The van der Waals surface area contributed by atoms with Crippen LogP contribution in [0.1, 0.15) is 33.3 Å². The molecule has 1 aromatic rings. The Morgan fingerprint density at radius 2 is 1.72 bits per heavy atom. The molecule has 1 N–H and O–H groups in total. The molecule has 160 valence electrons. The lowest BCUT2D eigenvalue weighted by Gasteiger charge is -2.20. The van der Waals surface area contributed by atoms with E-state index in [0.717, 1.165) is 0 Å². The second-order valence-electron chi connectivity index (χ2n) is 7.78. The van der Waals surface area contributed by atoms with Crippen molar-refractivity contribution in [3.8, 4) is 5.75 Å². The summed E-state index contributed by atoms with van der Waals surface area (Å²) < 4.78 is 11.2. The third-order valence-electron chi connectivity index (χ3n) is 4.45. The molecule has 0 atom stereocenters. The Balaban J connectivity index is 2.30. The lowest BCUT2D eigenvalue weighted by molar-refractivity contribution is -0.138. The topological polar surface area (TPSA) is 79.3 Å². The molecule has 1 aromatic carbocycles. The number of aliphatic hydroxyl groups is 1. The van der Waals surface area contributed by atoms with Gasteiger partial charge in [-0.25, -0.2) is 0 Å². The second-order valence-corrected chi connectivity index (χ2v) is 7.78. The number of imide groups is 1. The van der Waals surface area contributed by atoms with Crippen molar-refractivity contribution in [3.05, 3.63) is 35.5 Å². The molecule has 0 unspecified atom stereocenters. The van der Waals surface area contributed by atoms with Crippen molar-refractivity contribution in [2.75, 3.05) is 40.0 Å². The minimum atomic E-state index is -0.367. The van der Waals surface area contributed by atoms with Crippen molar-refractivity contribution < 1.29 is 24.2 Å². The number of rotatable bonds is 11. The summed E-state index contributed by atoms with van der Waals surface area (Å²) >= 11 is 0. The minimum Gasteiger partial charge on any atom is -0.493 e. The summed E-state index contributed by atoms with van der Waals surface area (Å²) in [5, 5.41) is 9.30. The monoisotopic (exact) mass is 404 g/mol. The van der Waals surface area contributed by atoms with Crippen LogP contribution < -0.4 is 4.74 Å². The van der Waals surface area contributed by atoms with E-state index in [1.54, 1.807) is 36.2 Å². The first-order valence-electron chi connectivity index (χ1n) is 10.0. The van der Waals surface area contributed by atoms with Crippen LogP contribution in [0.2, 0.25) is 0 Å². The number of hydrogen-bond acceptors (Lipinski definition) is 6. The lowest BCUT2D eigenvalue weighted by atomic mass is 10.0. The molecule has 0 saturated carbocycles. The minimum absolute atomic E-state index is 0.0187. The normalized spacial score (nSPS) is 14.6. The smallest absolute Gasteiger partial charge is 0.277 e. The quantitative estimate of drug-likeness (QED) is 0.570. The van der Waals surface area contributed by atoms with Crippen molar-refractivity contribution in [2.24, 2.45) is 5.92 Å². The number of ether oxygens (including phenoxy) is 2. The van der Waals surface area contributed by atoms with Gasteiger partial charge in [-0.05, 0) is 37.5 Å². The van der Waals surface area contributed by atoms with Gasteiger partial charge in [0.05, 0.1) is 38.0 Å². The SMILES string of the molecule is CC(C)COc1ccc(C2=C(N(C)CCO)C(=O)N(CCOC(C)C)C2=O)cc1. The Morgan fingerprint density at radius 3 is 2.28 bits per heavy atom. The molecule has 0 aromatic heterocycles. The summed E-state index contributed by atoms with van der Waals surface area (Å²) in [5.74, 6) is 0.408. The number of likely N-dealkylation sites (N-methyl/N-ethyl adjacent to an activating group) is 1. The zero-order chi connectivity index (χ0) is 21.6. The Kier molecular flexibility index (Phi) is 8.22. The summed E-state index contributed by atoms with van der Waals surface area (Å²) in [5.41, 5.74) is 1.28. The van der Waals surface area contributed by atoms with Gasteiger partial charge in [-0.2, -0.15) is 0 Å². The molecule has 0 aliphatic carbocycles. The van der Waals surface area contributed by atoms with Crippen molar-refractivity contribution in [3.63, 3.8) is 0 Å². The van der Waals surface area contributed by atoms with E-state index in [0.29, 0.717) is 35.1 Å². The Morgan fingerprint density at radius 1 is 1.07 bits per heavy atom. The molecule has 29 heavy (non-hydrogen) atoms. The molecule has 1 heterocycles. The van der Waals surface area contributed by atoms with E-state index in [2.05, 4.69) is 13.8 Å². The molecule has 0 fully saturated rings. The van der Waals surface area contributed by atoms with Gasteiger partial charge in [-0.1, -0.05) is 26.0 Å². The molecular weight excluding hydrogens is 372 g/mol. The van der Waals surface area contributed by atoms with E-state index in [1.807, 2.05) is 13.8 Å². The van der Waals surface area contributed by atoms with Gasteiger partial charge in [0.2, 0.25) is 0 Å². The van der Waals surface area contributed by atoms with Crippen molar-refractivity contribution in [2.45, 2.75) is 33.8 Å². The zero-order valence-corrected chi connectivity index (χ0v) is 18.0. The van der Waals surface area contributed by atoms with Crippen LogP contribution in [0.25, 0.3) is 5.57 Å². The third-order valence-corrected chi connectivity index (χ3v) is 4.45. The maximum Gasteiger partial charge on any atom is 0.277 e. The van der Waals surface area contributed by atoms with E-state index in [-0.39, 0.29) is 44.2 Å². The van der Waals surface area contributed by atoms with Crippen molar-refractivity contribution in [1.82, 2.24) is 9.80 Å². The van der Waals surface area contributed by atoms with Gasteiger partial charge in [0.15, 0.2) is 0 Å². The highest BCUT2D eigenvalue weighted by atomic mass is 16.5. The summed E-state index contributed by atoms with van der Waals surface area (Å²) in [6, 6.07) is 7.18. The molecule has 7 nitrogen and oxygen atoms in total. The Hall–Kier alpha value is -2.38. The predicted octanol–water partition coefficient (Wildman–Crippen LogP) is 2.15. The van der Waals surface area contributed by atoms with Crippen molar-refractivity contribution in [1.29, 1.82) is 0 Å². The van der Waals surface area contributed by atoms with Crippen LogP contribution >= 0.6 is 0 Å². The first-order valence-corrected chi connectivity index (χ1v) is 10.0. The summed E-state index contributed by atoms with van der Waals surface area (Å²) in [6.07, 6.45) is 0.0187. The number of nitrogens with zero attached hydrogens (tertiary/aromatic N) is 2. The van der Waals surface area contributed by atoms with E-state index < -0.39 is 0 Å². The van der Waals surface area contributed by atoms with E-state index >= 15 is 0 Å². The van der Waals surface area contributed by atoms with E-state index in [9.17, 15) is 14.7 Å². The van der Waals surface area contributed by atoms with Crippen LogP contribution in [-0.2, 0) is 14.3 Å². The van der Waals surface area contributed by atoms with Gasteiger partial charge in [-0.15, -0.1) is 0 Å². The van der Waals surface area contributed by atoms with E-state index in [1.165, 1.54) is 4.90 Å². The number of aliphatic hydroxyl groups excluding tert-OH is 1. The summed E-state index contributed by atoms with van der Waals surface area (Å²) in [4.78, 5) is 28.9. The number of carbonyl (C=O) groups excluding carboxylic acids is 2. The van der Waals surface area contributed by atoms with Crippen LogP contribution in [-0.4, -0.2) is 72.8 Å². The maximum atomic E-state index is 13.1. The Labute approximate surface area is 172 Å². The molecule has 0 radical (unpaired) electrons. The van der Waals surface area contributed by atoms with Crippen LogP contribution in [0.4, 0.5) is 0 Å². The van der Waals surface area contributed by atoms with Gasteiger partial charge >= 0.3 is 0 Å². The van der Waals surface area contributed by atoms with Crippen LogP contribution in [0.5, 0.6) is 5.75 Å². The molecule has 0 spiro atoms. The lowest BCUT2D eigenvalue weighted by Crippen LogP contribution is -2.37. The first kappa shape index (κ1) is 22.9. The molecule has 7 heteroatoms. The van der Waals surface area contributed by atoms with E-state index in [4.69, 9.17) is 9.47 Å². The second kappa shape index (κ2) is 10.4. The molecular formula is C22H32N2O5. The molecule has 0 saturated heterocycles. The van der Waals surface area contributed by atoms with Gasteiger partial charge < -0.3 is 19.5 Å². The fraction of sp³-hybridized carbons (Fsp3) is 0.545. The maximum absolute atomic E-state index is 13.1. The molecule has 0 bridgehead atoms. The molecule has 1 aliphatic heterocycles. The highest BCUT2D eigenvalue weighted by molar-refractivity contribution is 6.35. The average molecular weight is 405 g/mol. The van der Waals surface area contributed by atoms with Crippen LogP contribution in [0.15, 0.2) is 30.0 Å². The summed E-state index contributed by atoms with van der Waals surface area (Å²) in [6.45, 7) is 9.16. The first-order chi connectivity index (χ1) is 13.8. The van der Waals surface area contributed by atoms with Gasteiger partial charge in [-0.3, -0.25) is 14.5 Å². The average Bonchev–Trinajstić information content (AvgIpc) is 2.91. The van der Waals surface area contributed by atoms with Crippen molar-refractivity contribution >= 4 is 17.4 Å². The van der Waals surface area contributed by atoms with Crippen LogP contribution in [0, 0.1) is 5.92 Å². The highest BCUT2D eigenvalue weighted by Gasteiger charge is 2.40. The number of amides is 2. The molecule has 1 aliphatic rings. The van der Waals surface area contributed by atoms with Crippen LogP contribution in [0.3, 0.4) is 0 Å². The highest BCUT2D eigenvalue weighted by Crippen LogP contribution is 2.31. The molecule has 2 amide bonds. The van der Waals surface area contributed by atoms with Gasteiger partial charge in [0.25, 0.3) is 11.8 Å². The van der Waals surface area contributed by atoms with Gasteiger partial charge in [0.1, 0.15) is 11.4 Å². The number of hydrogen-bond donors (Lipinski definition) is 1. The third kappa shape index (κ3) is 5.81. The van der Waals surface area contributed by atoms with Gasteiger partial charge in [0, 0.05) is 13.6 Å². The fourth-order valence-corrected chi connectivity index (χ4v) is 3.00. The molecule has 2 rings (SSSR count). The Bertz CT molecular complexity index is 740. The number of benzene rings is 1. The summed E-state index contributed by atoms with van der Waals surface area (Å²) in [7, 11) is 1.70. The fourth-order valence-electron chi connectivity index (χ4n) is 3.00.